The summed E-state index contributed by atoms with van der Waals surface area (Å²) in [6, 6.07) is 10.1. The number of methoxy groups -OCH3 is 1. The number of nitrogens with zero attached hydrogens (tertiary/aromatic N) is 4. The van der Waals surface area contributed by atoms with Crippen molar-refractivity contribution in [3.05, 3.63) is 59.9 Å². The number of ether oxygens (including phenoxy) is 2. The van der Waals surface area contributed by atoms with Gasteiger partial charge in [0.1, 0.15) is 18.2 Å². The van der Waals surface area contributed by atoms with E-state index >= 15 is 0 Å². The molecule has 12 heteroatoms. The van der Waals surface area contributed by atoms with Crippen molar-refractivity contribution in [1.82, 2.24) is 19.7 Å². The average molecular weight is 571 g/mol. The molecule has 0 atom stereocenters. The molecule has 0 aliphatic rings. The maximum absolute atomic E-state index is 13.7. The van der Waals surface area contributed by atoms with Crippen LogP contribution in [0.4, 0.5) is 14.5 Å². The molecule has 0 spiro atoms. The SMILES string of the molecule is CCN(CC)CC.CCn1c(COc2ccc(F)cc2F)nnc1SCC(=O)Nc1ccc(OC)cc1.[Cl-]. The lowest BCUT2D eigenvalue weighted by Crippen LogP contribution is -3.00. The van der Waals surface area contributed by atoms with Gasteiger partial charge < -0.3 is 36.7 Å². The number of amides is 1. The molecule has 1 heterocycles. The second kappa shape index (κ2) is 17.6. The van der Waals surface area contributed by atoms with E-state index in [4.69, 9.17) is 9.47 Å². The minimum atomic E-state index is -0.789. The van der Waals surface area contributed by atoms with Gasteiger partial charge in [-0.25, -0.2) is 8.78 Å². The van der Waals surface area contributed by atoms with Crippen molar-refractivity contribution in [3.63, 3.8) is 0 Å². The van der Waals surface area contributed by atoms with Crippen LogP contribution in [0.1, 0.15) is 33.5 Å². The highest BCUT2D eigenvalue weighted by Crippen LogP contribution is 2.22. The minimum Gasteiger partial charge on any atom is -1.00 e. The van der Waals surface area contributed by atoms with Gasteiger partial charge in [0.2, 0.25) is 5.91 Å². The van der Waals surface area contributed by atoms with Crippen LogP contribution in [0.5, 0.6) is 11.5 Å². The standard InChI is InChI=1S/C20H20F2N4O3S.C6H15N.ClH/c1-3-26-18(11-29-17-9-4-13(21)10-16(17)22)24-25-20(26)30-12-19(27)23-14-5-7-15(28-2)8-6-14;1-4-7(5-2)6-3;/h4-10H,3,11-12H2,1-2H3,(H,23,27);4-6H2,1-3H3;1H/p-1. The Morgan fingerprint density at radius 2 is 1.68 bits per heavy atom. The van der Waals surface area contributed by atoms with Crippen molar-refractivity contribution in [3.8, 4) is 11.5 Å². The zero-order valence-electron chi connectivity index (χ0n) is 22.3. The van der Waals surface area contributed by atoms with E-state index in [2.05, 4.69) is 41.2 Å². The van der Waals surface area contributed by atoms with Gasteiger partial charge in [0.05, 0.1) is 12.9 Å². The molecule has 3 aromatic rings. The molecule has 0 saturated carbocycles. The van der Waals surface area contributed by atoms with E-state index in [1.54, 1.807) is 35.9 Å². The van der Waals surface area contributed by atoms with Gasteiger partial charge >= 0.3 is 0 Å². The van der Waals surface area contributed by atoms with E-state index in [0.717, 1.165) is 12.1 Å². The molecule has 0 radical (unpaired) electrons. The van der Waals surface area contributed by atoms with Gasteiger partial charge in [-0.15, -0.1) is 10.2 Å². The van der Waals surface area contributed by atoms with Crippen molar-refractivity contribution >= 4 is 23.4 Å². The van der Waals surface area contributed by atoms with Gasteiger partial charge in [0, 0.05) is 18.3 Å². The van der Waals surface area contributed by atoms with Crippen molar-refractivity contribution < 1.29 is 35.5 Å². The zero-order chi connectivity index (χ0) is 27.2. The number of anilines is 1. The number of nitrogens with one attached hydrogen (secondary N) is 1. The van der Waals surface area contributed by atoms with Crippen LogP contribution < -0.4 is 27.2 Å². The third-order valence-corrected chi connectivity index (χ3v) is 6.37. The minimum absolute atomic E-state index is 0. The first-order chi connectivity index (χ1) is 17.8. The normalized spacial score (nSPS) is 10.3. The number of carbonyl (C=O) groups excluding carboxylic acids is 1. The van der Waals surface area contributed by atoms with E-state index in [-0.39, 0.29) is 36.4 Å². The third kappa shape index (κ3) is 10.5. The molecule has 0 aliphatic carbocycles. The predicted molar refractivity (Wildman–Crippen MR) is 142 cm³/mol. The molecule has 1 aromatic heterocycles. The van der Waals surface area contributed by atoms with Gasteiger partial charge in [0.25, 0.3) is 0 Å². The number of hydrogen-bond acceptors (Lipinski definition) is 7. The average Bonchev–Trinajstić information content (AvgIpc) is 3.30. The molecular weight excluding hydrogens is 536 g/mol. The van der Waals surface area contributed by atoms with E-state index in [1.165, 1.54) is 37.5 Å². The van der Waals surface area contributed by atoms with Crippen LogP contribution in [0, 0.1) is 11.6 Å². The molecule has 1 amide bonds. The van der Waals surface area contributed by atoms with Crippen molar-refractivity contribution in [2.45, 2.75) is 46.0 Å². The molecule has 0 fully saturated rings. The summed E-state index contributed by atoms with van der Waals surface area (Å²) in [6.07, 6.45) is 0. The molecule has 0 saturated heterocycles. The smallest absolute Gasteiger partial charge is 0.234 e. The maximum Gasteiger partial charge on any atom is 0.234 e. The van der Waals surface area contributed by atoms with Crippen molar-refractivity contribution in [2.75, 3.05) is 37.8 Å². The Hall–Kier alpha value is -2.89. The fourth-order valence-electron chi connectivity index (χ4n) is 3.26. The van der Waals surface area contributed by atoms with Crippen molar-refractivity contribution in [2.24, 2.45) is 0 Å². The molecule has 38 heavy (non-hydrogen) atoms. The Labute approximate surface area is 233 Å². The van der Waals surface area contributed by atoms with Crippen LogP contribution >= 0.6 is 11.8 Å². The number of benzene rings is 2. The number of carbonyl (C=O) groups is 1. The van der Waals surface area contributed by atoms with Gasteiger partial charge in [-0.3, -0.25) is 4.79 Å². The van der Waals surface area contributed by atoms with E-state index in [9.17, 15) is 13.6 Å². The summed E-state index contributed by atoms with van der Waals surface area (Å²) in [5.74, 6) is -0.423. The molecule has 0 unspecified atom stereocenters. The maximum atomic E-state index is 13.7. The zero-order valence-corrected chi connectivity index (χ0v) is 23.9. The van der Waals surface area contributed by atoms with Crippen LogP contribution in [-0.2, 0) is 17.9 Å². The summed E-state index contributed by atoms with van der Waals surface area (Å²) in [6.45, 7) is 12.5. The lowest BCUT2D eigenvalue weighted by Gasteiger charge is -2.13. The number of rotatable bonds is 12. The number of hydrogen-bond donors (Lipinski definition) is 1. The van der Waals surface area contributed by atoms with E-state index in [1.807, 2.05) is 6.92 Å². The van der Waals surface area contributed by atoms with Crippen molar-refractivity contribution in [1.29, 1.82) is 0 Å². The van der Waals surface area contributed by atoms with Crippen LogP contribution in [0.25, 0.3) is 0 Å². The molecule has 1 N–H and O–H groups in total. The quantitative estimate of drug-likeness (QED) is 0.335. The highest BCUT2D eigenvalue weighted by atomic mass is 35.5. The number of aromatic nitrogens is 3. The third-order valence-electron chi connectivity index (χ3n) is 5.41. The van der Waals surface area contributed by atoms with Gasteiger partial charge in [-0.1, -0.05) is 32.5 Å². The van der Waals surface area contributed by atoms with Crippen LogP contribution in [0.15, 0.2) is 47.6 Å². The Bertz CT molecular complexity index is 1110. The summed E-state index contributed by atoms with van der Waals surface area (Å²) < 4.78 is 38.9. The topological polar surface area (TPSA) is 81.5 Å². The van der Waals surface area contributed by atoms with Gasteiger partial charge in [-0.2, -0.15) is 0 Å². The summed E-state index contributed by atoms with van der Waals surface area (Å²) in [4.78, 5) is 14.6. The van der Waals surface area contributed by atoms with Crippen LogP contribution in [0.2, 0.25) is 0 Å². The fourth-order valence-corrected chi connectivity index (χ4v) is 4.08. The number of halogens is 3. The Balaban J connectivity index is 0.000000797. The molecule has 2 aromatic carbocycles. The largest absolute Gasteiger partial charge is 1.00 e. The first-order valence-electron chi connectivity index (χ1n) is 12.1. The molecular formula is C26H35ClF2N5O3S-. The molecule has 0 aliphatic heterocycles. The summed E-state index contributed by atoms with van der Waals surface area (Å²) in [5.41, 5.74) is 0.661. The van der Waals surface area contributed by atoms with E-state index in [0.29, 0.717) is 29.0 Å². The molecule has 3 rings (SSSR count). The van der Waals surface area contributed by atoms with Gasteiger partial charge in [0.15, 0.2) is 22.5 Å². The Kier molecular flexibility index (Phi) is 15.3. The second-order valence-electron chi connectivity index (χ2n) is 7.69. The van der Waals surface area contributed by atoms with Crippen LogP contribution in [-0.4, -0.2) is 58.1 Å². The second-order valence-corrected chi connectivity index (χ2v) is 8.63. The Morgan fingerprint density at radius 1 is 1.03 bits per heavy atom. The Morgan fingerprint density at radius 3 is 2.21 bits per heavy atom. The monoisotopic (exact) mass is 570 g/mol. The summed E-state index contributed by atoms with van der Waals surface area (Å²) in [5, 5.41) is 11.5. The molecule has 210 valence electrons. The highest BCUT2D eigenvalue weighted by molar-refractivity contribution is 7.99. The first-order valence-corrected chi connectivity index (χ1v) is 13.1. The lowest BCUT2D eigenvalue weighted by molar-refractivity contribution is -0.113. The lowest BCUT2D eigenvalue weighted by atomic mass is 10.3. The summed E-state index contributed by atoms with van der Waals surface area (Å²) >= 11 is 1.23. The van der Waals surface area contributed by atoms with Crippen LogP contribution in [0.3, 0.4) is 0 Å². The molecule has 0 bridgehead atoms. The number of thioether (sulfide) groups is 1. The highest BCUT2D eigenvalue weighted by Gasteiger charge is 2.15. The predicted octanol–water partition coefficient (Wildman–Crippen LogP) is 2.25. The van der Waals surface area contributed by atoms with E-state index < -0.39 is 11.6 Å². The molecule has 8 nitrogen and oxygen atoms in total. The van der Waals surface area contributed by atoms with Gasteiger partial charge in [-0.05, 0) is 63.0 Å². The first kappa shape index (κ1) is 33.1. The summed E-state index contributed by atoms with van der Waals surface area (Å²) in [7, 11) is 1.57. The fraction of sp³-hybridized carbons (Fsp3) is 0.423.